The molecule has 2 fully saturated rings. The van der Waals surface area contributed by atoms with Gasteiger partial charge in [0.15, 0.2) is 0 Å². The first-order valence-electron chi connectivity index (χ1n) is 6.20. The molecule has 0 unspecified atom stereocenters. The van der Waals surface area contributed by atoms with Gasteiger partial charge in [0, 0.05) is 13.2 Å². The third-order valence-corrected chi connectivity index (χ3v) is 2.86. The molecule has 2 aliphatic carbocycles. The van der Waals surface area contributed by atoms with E-state index in [0.29, 0.717) is 26.1 Å². The lowest BCUT2D eigenvalue weighted by Gasteiger charge is -1.93. The van der Waals surface area contributed by atoms with Crippen molar-refractivity contribution in [1.82, 2.24) is 0 Å². The molecule has 0 aromatic carbocycles. The van der Waals surface area contributed by atoms with Crippen LogP contribution in [0.3, 0.4) is 0 Å². The van der Waals surface area contributed by atoms with Gasteiger partial charge in [0.05, 0.1) is 24.0 Å². The van der Waals surface area contributed by atoms with Crippen molar-refractivity contribution in [3.63, 3.8) is 0 Å². The van der Waals surface area contributed by atoms with Gasteiger partial charge in [-0.3, -0.25) is 9.59 Å². The topological polar surface area (TPSA) is 93.1 Å². The van der Waals surface area contributed by atoms with E-state index in [-0.39, 0.29) is 24.0 Å². The minimum absolute atomic E-state index is 0.00694. The fraction of sp³-hybridized carbons (Fsp3) is 0.833. The number of carbonyl (C=O) groups is 2. The Balaban J connectivity index is 0.000000180. The average molecular weight is 260 g/mol. The van der Waals surface area contributed by atoms with Crippen LogP contribution in [0, 0.1) is 11.8 Å². The molecule has 6 heteroatoms. The summed E-state index contributed by atoms with van der Waals surface area (Å²) in [6.45, 7) is 4.98. The first-order valence-corrected chi connectivity index (χ1v) is 6.20. The lowest BCUT2D eigenvalue weighted by molar-refractivity contribution is -0.140. The van der Waals surface area contributed by atoms with Gasteiger partial charge in [-0.05, 0) is 26.7 Å². The smallest absolute Gasteiger partial charge is 0.309 e. The molecule has 0 spiro atoms. The lowest BCUT2D eigenvalue weighted by atomic mass is 10.4. The quantitative estimate of drug-likeness (QED) is 0.739. The molecule has 104 valence electrons. The van der Waals surface area contributed by atoms with Gasteiger partial charge in [0.25, 0.3) is 0 Å². The van der Waals surface area contributed by atoms with Gasteiger partial charge in [0.1, 0.15) is 0 Å². The van der Waals surface area contributed by atoms with Crippen LogP contribution >= 0.6 is 0 Å². The van der Waals surface area contributed by atoms with Gasteiger partial charge in [-0.1, -0.05) is 0 Å². The molecule has 6 nitrogen and oxygen atoms in total. The first kappa shape index (κ1) is 14.9. The molecule has 2 saturated carbocycles. The third kappa shape index (κ3) is 4.62. The largest absolute Gasteiger partial charge is 0.481 e. The third-order valence-electron chi connectivity index (χ3n) is 2.86. The molecule has 0 aromatic heterocycles. The van der Waals surface area contributed by atoms with E-state index in [2.05, 4.69) is 0 Å². The number of aliphatic carboxylic acids is 2. The van der Waals surface area contributed by atoms with Crippen LogP contribution in [0.2, 0.25) is 0 Å². The molecule has 0 saturated heterocycles. The normalized spacial score (nSPS) is 32.1. The second kappa shape index (κ2) is 6.70. The van der Waals surface area contributed by atoms with Crippen molar-refractivity contribution >= 4 is 11.9 Å². The van der Waals surface area contributed by atoms with Crippen molar-refractivity contribution in [2.75, 3.05) is 13.2 Å². The number of ether oxygens (including phenoxy) is 2. The second-order valence-corrected chi connectivity index (χ2v) is 4.35. The predicted molar refractivity (Wildman–Crippen MR) is 62.3 cm³/mol. The summed E-state index contributed by atoms with van der Waals surface area (Å²) < 4.78 is 10.1. The first-order chi connectivity index (χ1) is 8.51. The van der Waals surface area contributed by atoms with Crippen LogP contribution in [-0.4, -0.2) is 47.6 Å². The highest BCUT2D eigenvalue weighted by atomic mass is 16.5. The molecule has 0 aromatic rings. The van der Waals surface area contributed by atoms with Gasteiger partial charge in [-0.15, -0.1) is 0 Å². The van der Waals surface area contributed by atoms with Crippen molar-refractivity contribution in [2.45, 2.75) is 38.9 Å². The van der Waals surface area contributed by atoms with Crippen molar-refractivity contribution in [2.24, 2.45) is 11.8 Å². The number of rotatable bonds is 6. The van der Waals surface area contributed by atoms with Crippen molar-refractivity contribution in [3.05, 3.63) is 0 Å². The highest BCUT2D eigenvalue weighted by Crippen LogP contribution is 2.33. The average Bonchev–Trinajstić information content (AvgIpc) is 3.13. The maximum atomic E-state index is 10.2. The molecule has 2 aliphatic rings. The van der Waals surface area contributed by atoms with E-state index in [1.807, 2.05) is 13.8 Å². The molecule has 2 N–H and O–H groups in total. The maximum Gasteiger partial charge on any atom is 0.309 e. The zero-order valence-electron chi connectivity index (χ0n) is 10.7. The Labute approximate surface area is 106 Å². The highest BCUT2D eigenvalue weighted by Gasteiger charge is 2.44. The Morgan fingerprint density at radius 1 is 0.944 bits per heavy atom. The summed E-state index contributed by atoms with van der Waals surface area (Å²) in [5, 5.41) is 16.7. The standard InChI is InChI=1S/2C6H10O3/c2*1-2-9-5-3-4(5)6(7)8/h2*4-5H,2-3H2,1H3,(H,7,8)/t2*4-,5-/m10/s1. The number of carboxylic acid groups (broad SMARTS) is 2. The summed E-state index contributed by atoms with van der Waals surface area (Å²) in [5.74, 6) is -1.89. The monoisotopic (exact) mass is 260 g/mol. The Hall–Kier alpha value is -1.14. The van der Waals surface area contributed by atoms with E-state index in [1.165, 1.54) is 0 Å². The fourth-order valence-corrected chi connectivity index (χ4v) is 1.66. The Bertz CT molecular complexity index is 273. The van der Waals surface area contributed by atoms with Gasteiger partial charge in [-0.25, -0.2) is 0 Å². The maximum absolute atomic E-state index is 10.2. The van der Waals surface area contributed by atoms with Crippen LogP contribution in [0.25, 0.3) is 0 Å². The van der Waals surface area contributed by atoms with Gasteiger partial charge < -0.3 is 19.7 Å². The molecule has 18 heavy (non-hydrogen) atoms. The van der Waals surface area contributed by atoms with Crippen LogP contribution in [0.4, 0.5) is 0 Å². The number of hydrogen-bond acceptors (Lipinski definition) is 4. The summed E-state index contributed by atoms with van der Waals surface area (Å²) in [5.41, 5.74) is 0. The minimum Gasteiger partial charge on any atom is -0.481 e. The van der Waals surface area contributed by atoms with E-state index in [4.69, 9.17) is 19.7 Å². The lowest BCUT2D eigenvalue weighted by Crippen LogP contribution is -2.04. The molecule has 4 atom stereocenters. The molecular formula is C12H20O6. The summed E-state index contributed by atoms with van der Waals surface area (Å²) in [6.07, 6.45) is 1.41. The van der Waals surface area contributed by atoms with E-state index in [0.717, 1.165) is 0 Å². The summed E-state index contributed by atoms with van der Waals surface area (Å²) in [4.78, 5) is 20.3. The Kier molecular flexibility index (Phi) is 5.55. The zero-order valence-corrected chi connectivity index (χ0v) is 10.7. The van der Waals surface area contributed by atoms with Crippen LogP contribution < -0.4 is 0 Å². The molecule has 0 aliphatic heterocycles. The van der Waals surface area contributed by atoms with Crippen LogP contribution in [-0.2, 0) is 19.1 Å². The summed E-state index contributed by atoms with van der Waals surface area (Å²) >= 11 is 0. The van der Waals surface area contributed by atoms with Gasteiger partial charge in [-0.2, -0.15) is 0 Å². The van der Waals surface area contributed by atoms with E-state index in [1.54, 1.807) is 0 Å². The highest BCUT2D eigenvalue weighted by molar-refractivity contribution is 5.74. The predicted octanol–water partition coefficient (Wildman–Crippen LogP) is 0.992. The van der Waals surface area contributed by atoms with Crippen LogP contribution in [0.15, 0.2) is 0 Å². The molecule has 2 rings (SSSR count). The summed E-state index contributed by atoms with van der Waals surface area (Å²) in [7, 11) is 0. The van der Waals surface area contributed by atoms with Crippen LogP contribution in [0.1, 0.15) is 26.7 Å². The SMILES string of the molecule is CCO[C@@H]1C[C@H]1C(=O)O.CCO[C@H]1C[C@@H]1C(=O)O. The second-order valence-electron chi connectivity index (χ2n) is 4.35. The van der Waals surface area contributed by atoms with Crippen molar-refractivity contribution < 1.29 is 29.3 Å². The van der Waals surface area contributed by atoms with Crippen molar-refractivity contribution in [1.29, 1.82) is 0 Å². The van der Waals surface area contributed by atoms with Gasteiger partial charge >= 0.3 is 11.9 Å². The molecule has 0 heterocycles. The fourth-order valence-electron chi connectivity index (χ4n) is 1.66. The summed E-state index contributed by atoms with van der Waals surface area (Å²) in [6, 6.07) is 0. The van der Waals surface area contributed by atoms with E-state index in [9.17, 15) is 9.59 Å². The van der Waals surface area contributed by atoms with Gasteiger partial charge in [0.2, 0.25) is 0 Å². The van der Waals surface area contributed by atoms with Crippen molar-refractivity contribution in [3.8, 4) is 0 Å². The zero-order chi connectivity index (χ0) is 13.7. The molecular weight excluding hydrogens is 240 g/mol. The molecule has 0 radical (unpaired) electrons. The molecule has 0 amide bonds. The number of carboxylic acids is 2. The van der Waals surface area contributed by atoms with E-state index >= 15 is 0 Å². The molecule has 0 bridgehead atoms. The number of hydrogen-bond donors (Lipinski definition) is 2. The Morgan fingerprint density at radius 3 is 1.44 bits per heavy atom. The van der Waals surface area contributed by atoms with E-state index < -0.39 is 11.9 Å². The van der Waals surface area contributed by atoms with Crippen LogP contribution in [0.5, 0.6) is 0 Å². The minimum atomic E-state index is -0.728. The Morgan fingerprint density at radius 2 is 1.28 bits per heavy atom.